The first-order valence-electron chi connectivity index (χ1n) is 11.6. The van der Waals surface area contributed by atoms with Gasteiger partial charge in [0.15, 0.2) is 5.13 Å². The third-order valence-corrected chi connectivity index (χ3v) is 7.61. The summed E-state index contributed by atoms with van der Waals surface area (Å²) >= 11 is 2.75. The van der Waals surface area contributed by atoms with E-state index in [1.807, 2.05) is 37.3 Å². The highest BCUT2D eigenvalue weighted by Gasteiger charge is 2.20. The fourth-order valence-electron chi connectivity index (χ4n) is 3.65. The maximum absolute atomic E-state index is 12.8. The average molecular weight is 562 g/mol. The Morgan fingerprint density at radius 1 is 0.872 bits per heavy atom. The van der Waals surface area contributed by atoms with Crippen molar-refractivity contribution in [3.05, 3.63) is 94.4 Å². The number of aromatic carboxylic acids is 2. The summed E-state index contributed by atoms with van der Waals surface area (Å²) in [5.74, 6) is -3.59. The lowest BCUT2D eigenvalue weighted by atomic mass is 10.0. The number of nitrogens with one attached hydrogen (secondary N) is 2. The van der Waals surface area contributed by atoms with E-state index < -0.39 is 28.7 Å². The van der Waals surface area contributed by atoms with Crippen molar-refractivity contribution in [2.24, 2.45) is 0 Å². The second kappa shape index (κ2) is 11.9. The summed E-state index contributed by atoms with van der Waals surface area (Å²) in [7, 11) is 0. The van der Waals surface area contributed by atoms with Gasteiger partial charge in [-0.3, -0.25) is 9.59 Å². The molecule has 0 radical (unpaired) electrons. The maximum atomic E-state index is 12.8. The van der Waals surface area contributed by atoms with Crippen molar-refractivity contribution in [3.8, 4) is 11.3 Å². The van der Waals surface area contributed by atoms with Gasteiger partial charge in [0, 0.05) is 21.0 Å². The fraction of sp³-hybridized carbons (Fsp3) is 0.107. The molecule has 0 fully saturated rings. The number of hydrogen-bond acceptors (Lipinski definition) is 7. The van der Waals surface area contributed by atoms with Crippen LogP contribution in [0.2, 0.25) is 0 Å². The number of carboxylic acids is 2. The van der Waals surface area contributed by atoms with Crippen LogP contribution in [-0.4, -0.2) is 44.2 Å². The van der Waals surface area contributed by atoms with Crippen molar-refractivity contribution in [3.63, 3.8) is 0 Å². The number of nitrogens with zero attached hydrogens (tertiary/aromatic N) is 1. The van der Waals surface area contributed by atoms with Crippen LogP contribution in [0.3, 0.4) is 0 Å². The number of anilines is 2. The normalized spacial score (nSPS) is 11.4. The first-order valence-corrected chi connectivity index (χ1v) is 13.3. The molecule has 4 N–H and O–H groups in total. The van der Waals surface area contributed by atoms with Crippen molar-refractivity contribution >= 4 is 57.7 Å². The molecule has 3 aromatic carbocycles. The van der Waals surface area contributed by atoms with E-state index in [9.17, 15) is 24.3 Å². The van der Waals surface area contributed by atoms with E-state index in [-0.39, 0.29) is 17.0 Å². The number of hydrogen-bond donors (Lipinski definition) is 4. The number of thiazole rings is 1. The molecule has 1 aromatic heterocycles. The number of amides is 2. The lowest BCUT2D eigenvalue weighted by Gasteiger charge is -2.12. The molecule has 0 aliphatic heterocycles. The molecule has 0 saturated carbocycles. The first-order chi connectivity index (χ1) is 18.6. The first kappa shape index (κ1) is 27.6. The van der Waals surface area contributed by atoms with Gasteiger partial charge in [-0.15, -0.1) is 23.1 Å². The predicted molar refractivity (Wildman–Crippen MR) is 151 cm³/mol. The van der Waals surface area contributed by atoms with Crippen LogP contribution in [-0.2, 0) is 4.79 Å². The topological polar surface area (TPSA) is 146 Å². The fourth-order valence-corrected chi connectivity index (χ4v) is 5.35. The van der Waals surface area contributed by atoms with Crippen LogP contribution in [0.5, 0.6) is 0 Å². The van der Waals surface area contributed by atoms with Crippen LogP contribution < -0.4 is 10.6 Å². The molecule has 2 amide bonds. The van der Waals surface area contributed by atoms with Crippen LogP contribution in [0.15, 0.2) is 77.7 Å². The number of thioether (sulfide) groups is 1. The quantitative estimate of drug-likeness (QED) is 0.185. The average Bonchev–Trinajstić information content (AvgIpc) is 3.29. The number of carbonyl (C=O) groups excluding carboxylic acids is 2. The lowest BCUT2D eigenvalue weighted by Crippen LogP contribution is -2.22. The summed E-state index contributed by atoms with van der Waals surface area (Å²) in [5.41, 5.74) is 1.42. The van der Waals surface area contributed by atoms with Gasteiger partial charge < -0.3 is 20.8 Å². The van der Waals surface area contributed by atoms with E-state index in [0.717, 1.165) is 27.1 Å². The summed E-state index contributed by atoms with van der Waals surface area (Å²) in [6, 6.07) is 19.8. The zero-order valence-electron chi connectivity index (χ0n) is 20.8. The van der Waals surface area contributed by atoms with Gasteiger partial charge in [-0.05, 0) is 56.3 Å². The molecule has 9 nitrogen and oxygen atoms in total. The zero-order chi connectivity index (χ0) is 28.1. The van der Waals surface area contributed by atoms with Crippen molar-refractivity contribution < 1.29 is 29.4 Å². The monoisotopic (exact) mass is 561 g/mol. The van der Waals surface area contributed by atoms with Crippen LogP contribution >= 0.6 is 23.1 Å². The third-order valence-electron chi connectivity index (χ3n) is 5.61. The molecule has 0 saturated heterocycles. The Bertz CT molecular complexity index is 1550. The molecule has 0 aliphatic carbocycles. The van der Waals surface area contributed by atoms with E-state index in [4.69, 9.17) is 5.11 Å². The number of benzene rings is 3. The molecule has 0 aliphatic rings. The molecule has 4 aromatic rings. The molecule has 11 heteroatoms. The molecule has 1 heterocycles. The van der Waals surface area contributed by atoms with Gasteiger partial charge in [-0.1, -0.05) is 30.3 Å². The molecular weight excluding hydrogens is 538 g/mol. The van der Waals surface area contributed by atoms with Crippen LogP contribution in [0.4, 0.5) is 10.8 Å². The smallest absolute Gasteiger partial charge is 0.336 e. The molecule has 39 heavy (non-hydrogen) atoms. The number of carbonyl (C=O) groups is 4. The molecular formula is C28H23N3O6S2. The van der Waals surface area contributed by atoms with Crippen molar-refractivity contribution in [2.75, 3.05) is 10.6 Å². The largest absolute Gasteiger partial charge is 0.478 e. The van der Waals surface area contributed by atoms with Gasteiger partial charge in [0.25, 0.3) is 5.91 Å². The van der Waals surface area contributed by atoms with Crippen molar-refractivity contribution in [1.29, 1.82) is 0 Å². The Morgan fingerprint density at radius 3 is 2.21 bits per heavy atom. The van der Waals surface area contributed by atoms with Gasteiger partial charge in [-0.2, -0.15) is 0 Å². The van der Waals surface area contributed by atoms with E-state index in [0.29, 0.717) is 10.8 Å². The standard InChI is InChI=1S/C28H23N3O6S2/c1-15-23(17-6-4-3-5-7-17)30-28(39-15)31-24(32)16(2)38-20-11-9-19(10-12-20)29-25(33)21-13-8-18(26(34)35)14-22(21)27(36)37/h3-14,16H,1-2H3,(H,29,33)(H,34,35)(H,36,37)(H,30,31,32). The Kier molecular flexibility index (Phi) is 8.43. The SMILES string of the molecule is Cc1sc(NC(=O)C(C)Sc2ccc(NC(=O)c3ccc(C(=O)O)cc3C(=O)O)cc2)nc1-c1ccccc1. The minimum absolute atomic E-state index is 0.163. The molecule has 4 rings (SSSR count). The molecule has 1 unspecified atom stereocenters. The van der Waals surface area contributed by atoms with Crippen molar-refractivity contribution in [1.82, 2.24) is 4.98 Å². The van der Waals surface area contributed by atoms with E-state index >= 15 is 0 Å². The van der Waals surface area contributed by atoms with E-state index in [2.05, 4.69) is 15.6 Å². The van der Waals surface area contributed by atoms with Gasteiger partial charge in [-0.25, -0.2) is 14.6 Å². The summed E-state index contributed by atoms with van der Waals surface area (Å²) in [4.78, 5) is 54.5. The highest BCUT2D eigenvalue weighted by atomic mass is 32.2. The predicted octanol–water partition coefficient (Wildman–Crippen LogP) is 5.89. The van der Waals surface area contributed by atoms with Gasteiger partial charge in [0.1, 0.15) is 0 Å². The lowest BCUT2D eigenvalue weighted by molar-refractivity contribution is -0.115. The molecule has 198 valence electrons. The maximum Gasteiger partial charge on any atom is 0.336 e. The van der Waals surface area contributed by atoms with Crippen LogP contribution in [0.1, 0.15) is 42.9 Å². The van der Waals surface area contributed by atoms with Gasteiger partial charge >= 0.3 is 11.9 Å². The van der Waals surface area contributed by atoms with Crippen LogP contribution in [0.25, 0.3) is 11.3 Å². The number of aryl methyl sites for hydroxylation is 1. The van der Waals surface area contributed by atoms with Crippen molar-refractivity contribution in [2.45, 2.75) is 24.0 Å². The van der Waals surface area contributed by atoms with E-state index in [1.165, 1.54) is 35.2 Å². The summed E-state index contributed by atoms with van der Waals surface area (Å²) < 4.78 is 0. The third kappa shape index (κ3) is 6.70. The van der Waals surface area contributed by atoms with E-state index in [1.54, 1.807) is 31.2 Å². The summed E-state index contributed by atoms with van der Waals surface area (Å²) in [6.45, 7) is 3.74. The second-order valence-electron chi connectivity index (χ2n) is 8.39. The molecule has 0 bridgehead atoms. The number of aromatic nitrogens is 1. The Balaban J connectivity index is 1.37. The highest BCUT2D eigenvalue weighted by molar-refractivity contribution is 8.00. The zero-order valence-corrected chi connectivity index (χ0v) is 22.4. The minimum Gasteiger partial charge on any atom is -0.478 e. The highest BCUT2D eigenvalue weighted by Crippen LogP contribution is 2.31. The minimum atomic E-state index is -1.41. The number of carboxylic acid groups (broad SMARTS) is 2. The Morgan fingerprint density at radius 2 is 1.56 bits per heavy atom. The Hall–Kier alpha value is -4.48. The second-order valence-corrected chi connectivity index (χ2v) is 11.0. The molecule has 0 spiro atoms. The van der Waals surface area contributed by atoms with Gasteiger partial charge in [0.05, 0.1) is 27.6 Å². The Labute approximate surface area is 231 Å². The summed E-state index contributed by atoms with van der Waals surface area (Å²) in [6.07, 6.45) is 0. The summed E-state index contributed by atoms with van der Waals surface area (Å²) in [5, 5.41) is 24.1. The van der Waals surface area contributed by atoms with Crippen LogP contribution in [0, 0.1) is 6.92 Å². The van der Waals surface area contributed by atoms with Gasteiger partial charge in [0.2, 0.25) is 5.91 Å². The molecule has 1 atom stereocenters. The number of rotatable bonds is 9.